The minimum atomic E-state index is 0.529. The molecule has 2 N–H and O–H groups in total. The van der Waals surface area contributed by atoms with Gasteiger partial charge in [0.05, 0.1) is 6.04 Å². The minimum Gasteiger partial charge on any atom is -0.329 e. The molecule has 1 aliphatic rings. The molecule has 1 aromatic heterocycles. The number of aromatic nitrogens is 1. The number of aryl methyl sites for hydroxylation is 1. The molecule has 3 nitrogen and oxygen atoms in total. The third kappa shape index (κ3) is 2.56. The molecule has 84 valence electrons. The molecule has 0 aromatic carbocycles. The van der Waals surface area contributed by atoms with Crippen LogP contribution in [0.25, 0.3) is 0 Å². The molecule has 0 amide bonds. The zero-order valence-corrected chi connectivity index (χ0v) is 10.1. The Labute approximate surface area is 95.3 Å². The SMILES string of the molecule is Cc1csc(C2CCCCN2CCN)n1. The number of nitrogens with zero attached hydrogens (tertiary/aromatic N) is 2. The summed E-state index contributed by atoms with van der Waals surface area (Å²) in [5.41, 5.74) is 6.79. The summed E-state index contributed by atoms with van der Waals surface area (Å²) in [6.45, 7) is 5.00. The highest BCUT2D eigenvalue weighted by Gasteiger charge is 2.25. The Hall–Kier alpha value is -0.450. The van der Waals surface area contributed by atoms with Crippen LogP contribution in [-0.2, 0) is 0 Å². The topological polar surface area (TPSA) is 42.1 Å². The van der Waals surface area contributed by atoms with Crippen LogP contribution in [0, 0.1) is 6.92 Å². The molecule has 0 saturated carbocycles. The van der Waals surface area contributed by atoms with E-state index >= 15 is 0 Å². The van der Waals surface area contributed by atoms with E-state index in [1.54, 1.807) is 11.3 Å². The second-order valence-electron chi connectivity index (χ2n) is 4.16. The lowest BCUT2D eigenvalue weighted by Crippen LogP contribution is -2.36. The normalized spacial score (nSPS) is 23.2. The molecule has 0 aliphatic carbocycles. The lowest BCUT2D eigenvalue weighted by Gasteiger charge is -2.34. The molecule has 1 aliphatic heterocycles. The van der Waals surface area contributed by atoms with Crippen LogP contribution in [0.1, 0.15) is 36.0 Å². The predicted octanol–water partition coefficient (Wildman–Crippen LogP) is 1.94. The number of hydrogen-bond acceptors (Lipinski definition) is 4. The quantitative estimate of drug-likeness (QED) is 0.855. The molecular weight excluding hydrogens is 206 g/mol. The smallest absolute Gasteiger partial charge is 0.110 e. The van der Waals surface area contributed by atoms with Gasteiger partial charge in [0.1, 0.15) is 5.01 Å². The molecule has 0 spiro atoms. The van der Waals surface area contributed by atoms with Crippen LogP contribution in [0.4, 0.5) is 0 Å². The van der Waals surface area contributed by atoms with Gasteiger partial charge in [-0.2, -0.15) is 0 Å². The molecule has 2 heterocycles. The van der Waals surface area contributed by atoms with Gasteiger partial charge in [-0.05, 0) is 26.3 Å². The fourth-order valence-electron chi connectivity index (χ4n) is 2.23. The maximum absolute atomic E-state index is 5.65. The van der Waals surface area contributed by atoms with Crippen molar-refractivity contribution in [2.75, 3.05) is 19.6 Å². The second-order valence-corrected chi connectivity index (χ2v) is 5.05. The van der Waals surface area contributed by atoms with Crippen molar-refractivity contribution in [3.8, 4) is 0 Å². The van der Waals surface area contributed by atoms with Crippen LogP contribution in [0.15, 0.2) is 5.38 Å². The summed E-state index contributed by atoms with van der Waals surface area (Å²) < 4.78 is 0. The van der Waals surface area contributed by atoms with Gasteiger partial charge >= 0.3 is 0 Å². The highest BCUT2D eigenvalue weighted by Crippen LogP contribution is 2.32. The van der Waals surface area contributed by atoms with E-state index in [1.807, 2.05) is 0 Å². The average Bonchev–Trinajstić information content (AvgIpc) is 2.66. The van der Waals surface area contributed by atoms with Crippen LogP contribution in [0.2, 0.25) is 0 Å². The van der Waals surface area contributed by atoms with Gasteiger partial charge in [-0.3, -0.25) is 4.90 Å². The molecule has 4 heteroatoms. The molecule has 0 radical (unpaired) electrons. The Bertz CT molecular complexity index is 309. The fourth-order valence-corrected chi connectivity index (χ4v) is 3.19. The van der Waals surface area contributed by atoms with Gasteiger partial charge < -0.3 is 5.73 Å². The van der Waals surface area contributed by atoms with Crippen molar-refractivity contribution >= 4 is 11.3 Å². The number of likely N-dealkylation sites (tertiary alicyclic amines) is 1. The van der Waals surface area contributed by atoms with Gasteiger partial charge in [-0.1, -0.05) is 6.42 Å². The van der Waals surface area contributed by atoms with Gasteiger partial charge in [0.15, 0.2) is 0 Å². The van der Waals surface area contributed by atoms with Crippen molar-refractivity contribution < 1.29 is 0 Å². The maximum atomic E-state index is 5.65. The summed E-state index contributed by atoms with van der Waals surface area (Å²) in [5.74, 6) is 0. The Kier molecular flexibility index (Phi) is 3.72. The van der Waals surface area contributed by atoms with E-state index < -0.39 is 0 Å². The van der Waals surface area contributed by atoms with E-state index in [1.165, 1.54) is 30.8 Å². The predicted molar refractivity (Wildman–Crippen MR) is 64.1 cm³/mol. The van der Waals surface area contributed by atoms with E-state index in [0.717, 1.165) is 18.8 Å². The number of rotatable bonds is 3. The van der Waals surface area contributed by atoms with Gasteiger partial charge in [-0.15, -0.1) is 11.3 Å². The van der Waals surface area contributed by atoms with Crippen LogP contribution >= 0.6 is 11.3 Å². The highest BCUT2D eigenvalue weighted by atomic mass is 32.1. The molecule has 0 bridgehead atoms. The summed E-state index contributed by atoms with van der Waals surface area (Å²) in [7, 11) is 0. The third-order valence-electron chi connectivity index (χ3n) is 2.95. The van der Waals surface area contributed by atoms with Crippen molar-refractivity contribution in [3.63, 3.8) is 0 Å². The standard InChI is InChI=1S/C11H19N3S/c1-9-8-15-11(13-9)10-4-2-3-6-14(10)7-5-12/h8,10H,2-7,12H2,1H3. The molecular formula is C11H19N3S. The van der Waals surface area contributed by atoms with E-state index in [4.69, 9.17) is 5.73 Å². The Morgan fingerprint density at radius 2 is 2.47 bits per heavy atom. The fraction of sp³-hybridized carbons (Fsp3) is 0.727. The van der Waals surface area contributed by atoms with Gasteiger partial charge in [0.2, 0.25) is 0 Å². The van der Waals surface area contributed by atoms with Gasteiger partial charge in [-0.25, -0.2) is 4.98 Å². The van der Waals surface area contributed by atoms with Crippen molar-refractivity contribution in [2.45, 2.75) is 32.2 Å². The van der Waals surface area contributed by atoms with Gasteiger partial charge in [0.25, 0.3) is 0 Å². The monoisotopic (exact) mass is 225 g/mol. The van der Waals surface area contributed by atoms with E-state index in [-0.39, 0.29) is 0 Å². The maximum Gasteiger partial charge on any atom is 0.110 e. The van der Waals surface area contributed by atoms with Crippen LogP contribution in [0.3, 0.4) is 0 Å². The lowest BCUT2D eigenvalue weighted by atomic mass is 10.0. The van der Waals surface area contributed by atoms with Crippen molar-refractivity contribution in [3.05, 3.63) is 16.1 Å². The molecule has 1 atom stereocenters. The first kappa shape index (κ1) is 11.0. The van der Waals surface area contributed by atoms with Gasteiger partial charge in [0, 0.05) is 24.2 Å². The second kappa shape index (κ2) is 5.05. The zero-order valence-electron chi connectivity index (χ0n) is 9.28. The first-order valence-corrected chi connectivity index (χ1v) is 6.55. The summed E-state index contributed by atoms with van der Waals surface area (Å²) >= 11 is 1.79. The van der Waals surface area contributed by atoms with Crippen LogP contribution in [0.5, 0.6) is 0 Å². The molecule has 1 saturated heterocycles. The number of thiazole rings is 1. The minimum absolute atomic E-state index is 0.529. The summed E-state index contributed by atoms with van der Waals surface area (Å²) in [6, 6.07) is 0.529. The van der Waals surface area contributed by atoms with Crippen LogP contribution < -0.4 is 5.73 Å². The molecule has 1 unspecified atom stereocenters. The number of hydrogen-bond donors (Lipinski definition) is 1. The largest absolute Gasteiger partial charge is 0.329 e. The van der Waals surface area contributed by atoms with Crippen LogP contribution in [-0.4, -0.2) is 29.5 Å². The zero-order chi connectivity index (χ0) is 10.7. The molecule has 1 aromatic rings. The van der Waals surface area contributed by atoms with E-state index in [0.29, 0.717) is 6.04 Å². The Balaban J connectivity index is 2.10. The summed E-state index contributed by atoms with van der Waals surface area (Å²) in [4.78, 5) is 7.09. The van der Waals surface area contributed by atoms with E-state index in [2.05, 4.69) is 22.2 Å². The molecule has 1 fully saturated rings. The Morgan fingerprint density at radius 1 is 1.60 bits per heavy atom. The van der Waals surface area contributed by atoms with E-state index in [9.17, 15) is 0 Å². The third-order valence-corrected chi connectivity index (χ3v) is 4.02. The molecule has 2 rings (SSSR count). The summed E-state index contributed by atoms with van der Waals surface area (Å²) in [5, 5.41) is 3.42. The first-order chi connectivity index (χ1) is 7.31. The Morgan fingerprint density at radius 3 is 3.13 bits per heavy atom. The number of nitrogens with two attached hydrogens (primary N) is 1. The average molecular weight is 225 g/mol. The number of piperidine rings is 1. The lowest BCUT2D eigenvalue weighted by molar-refractivity contribution is 0.153. The van der Waals surface area contributed by atoms with Crippen molar-refractivity contribution in [1.29, 1.82) is 0 Å². The van der Waals surface area contributed by atoms with Crippen molar-refractivity contribution in [2.24, 2.45) is 5.73 Å². The molecule has 15 heavy (non-hydrogen) atoms. The van der Waals surface area contributed by atoms with Crippen molar-refractivity contribution in [1.82, 2.24) is 9.88 Å². The highest BCUT2D eigenvalue weighted by molar-refractivity contribution is 7.09. The summed E-state index contributed by atoms with van der Waals surface area (Å²) in [6.07, 6.45) is 3.87. The first-order valence-electron chi connectivity index (χ1n) is 5.67.